The lowest BCUT2D eigenvalue weighted by Crippen LogP contribution is -1.92. The van der Waals surface area contributed by atoms with Crippen LogP contribution in [-0.2, 0) is 0 Å². The van der Waals surface area contributed by atoms with Gasteiger partial charge in [-0.2, -0.15) is 0 Å². The van der Waals surface area contributed by atoms with Crippen molar-refractivity contribution in [3.63, 3.8) is 0 Å². The second-order valence-corrected chi connectivity index (χ2v) is 2.87. The molecule has 0 atom stereocenters. The fraction of sp³-hybridized carbons (Fsp3) is 0.200. The zero-order chi connectivity index (χ0) is 9.84. The summed E-state index contributed by atoms with van der Waals surface area (Å²) in [6.45, 7) is 3.66. The number of hydrogen-bond acceptors (Lipinski definition) is 2. The van der Waals surface area contributed by atoms with Gasteiger partial charge in [-0.1, -0.05) is 24.3 Å². The van der Waals surface area contributed by atoms with Crippen LogP contribution in [-0.4, -0.2) is 14.2 Å². The summed E-state index contributed by atoms with van der Waals surface area (Å²) in [5.41, 5.74) is 0.826. The highest BCUT2D eigenvalue weighted by atomic mass is 35.5. The van der Waals surface area contributed by atoms with Gasteiger partial charge in [0.15, 0.2) is 11.5 Å². The normalized spacial score (nSPS) is 9.46. The van der Waals surface area contributed by atoms with Crippen molar-refractivity contribution in [1.29, 1.82) is 0 Å². The Hall–Kier alpha value is -1.15. The Labute approximate surface area is 82.7 Å². The van der Waals surface area contributed by atoms with Crippen LogP contribution in [0.3, 0.4) is 0 Å². The Morgan fingerprint density at radius 2 is 2.00 bits per heavy atom. The molecule has 0 N–H and O–H groups in total. The smallest absolute Gasteiger partial charge is 0.167 e. The lowest BCUT2D eigenvalue weighted by Gasteiger charge is -2.10. The summed E-state index contributed by atoms with van der Waals surface area (Å²) in [5, 5.41) is 0.604. The van der Waals surface area contributed by atoms with Crippen LogP contribution in [0, 0.1) is 0 Å². The van der Waals surface area contributed by atoms with E-state index in [-0.39, 0.29) is 0 Å². The zero-order valence-corrected chi connectivity index (χ0v) is 8.39. The summed E-state index contributed by atoms with van der Waals surface area (Å²) >= 11 is 5.85. The van der Waals surface area contributed by atoms with E-state index in [0.29, 0.717) is 16.5 Å². The summed E-state index contributed by atoms with van der Waals surface area (Å²) in [5.74, 6) is 1.27. The summed E-state index contributed by atoms with van der Waals surface area (Å²) in [4.78, 5) is 0. The van der Waals surface area contributed by atoms with E-state index in [1.807, 2.05) is 0 Å². The van der Waals surface area contributed by atoms with Crippen LogP contribution < -0.4 is 9.47 Å². The van der Waals surface area contributed by atoms with Gasteiger partial charge in [0.1, 0.15) is 0 Å². The Bertz CT molecular complexity index is 321. The maximum absolute atomic E-state index is 5.85. The van der Waals surface area contributed by atoms with Gasteiger partial charge in [-0.15, -0.1) is 0 Å². The van der Waals surface area contributed by atoms with E-state index >= 15 is 0 Å². The van der Waals surface area contributed by atoms with Gasteiger partial charge in [0.25, 0.3) is 0 Å². The largest absolute Gasteiger partial charge is 0.493 e. The summed E-state index contributed by atoms with van der Waals surface area (Å²) in [6, 6.07) is 3.48. The van der Waals surface area contributed by atoms with Gasteiger partial charge < -0.3 is 9.47 Å². The number of halogens is 1. The van der Waals surface area contributed by atoms with Crippen molar-refractivity contribution in [2.45, 2.75) is 0 Å². The molecule has 13 heavy (non-hydrogen) atoms. The van der Waals surface area contributed by atoms with Gasteiger partial charge in [0, 0.05) is 16.7 Å². The zero-order valence-electron chi connectivity index (χ0n) is 7.63. The minimum Gasteiger partial charge on any atom is -0.493 e. The quantitative estimate of drug-likeness (QED) is 0.744. The minimum absolute atomic E-state index is 0.604. The van der Waals surface area contributed by atoms with Gasteiger partial charge in [0.2, 0.25) is 0 Å². The van der Waals surface area contributed by atoms with Crippen molar-refractivity contribution < 1.29 is 9.47 Å². The molecule has 0 unspecified atom stereocenters. The molecule has 0 saturated carbocycles. The molecule has 0 spiro atoms. The molecule has 70 valence electrons. The first-order chi connectivity index (χ1) is 6.22. The maximum atomic E-state index is 5.85. The lowest BCUT2D eigenvalue weighted by atomic mass is 10.2. The van der Waals surface area contributed by atoms with E-state index in [1.54, 1.807) is 32.4 Å². The van der Waals surface area contributed by atoms with Crippen molar-refractivity contribution in [2.24, 2.45) is 0 Å². The fourth-order valence-corrected chi connectivity index (χ4v) is 1.33. The van der Waals surface area contributed by atoms with Gasteiger partial charge in [-0.3, -0.25) is 0 Å². The maximum Gasteiger partial charge on any atom is 0.167 e. The molecule has 0 aliphatic carbocycles. The van der Waals surface area contributed by atoms with Crippen LogP contribution in [0.4, 0.5) is 0 Å². The Balaban J connectivity index is 3.33. The molecule has 0 aliphatic rings. The van der Waals surface area contributed by atoms with Crippen molar-refractivity contribution in [2.75, 3.05) is 14.2 Å². The molecule has 2 nitrogen and oxygen atoms in total. The van der Waals surface area contributed by atoms with Crippen LogP contribution in [0.25, 0.3) is 6.08 Å². The van der Waals surface area contributed by atoms with Crippen LogP contribution in [0.5, 0.6) is 11.5 Å². The molecule has 0 aliphatic heterocycles. The summed E-state index contributed by atoms with van der Waals surface area (Å²) < 4.78 is 10.3. The van der Waals surface area contributed by atoms with Crippen LogP contribution in [0.2, 0.25) is 5.02 Å². The SMILES string of the molecule is C=Cc1cc(Cl)cc(OC)c1OC. The molecular formula is C10H11ClO2. The standard InChI is InChI=1S/C10H11ClO2/c1-4-7-5-8(11)6-9(12-2)10(7)13-3/h4-6H,1H2,2-3H3. The Morgan fingerprint density at radius 3 is 2.46 bits per heavy atom. The molecule has 3 heteroatoms. The van der Waals surface area contributed by atoms with E-state index in [1.165, 1.54) is 0 Å². The molecule has 0 bridgehead atoms. The monoisotopic (exact) mass is 198 g/mol. The molecular weight excluding hydrogens is 188 g/mol. The van der Waals surface area contributed by atoms with Crippen molar-refractivity contribution >= 4 is 17.7 Å². The minimum atomic E-state index is 0.604. The molecule has 0 aromatic heterocycles. The predicted molar refractivity (Wildman–Crippen MR) is 54.6 cm³/mol. The number of rotatable bonds is 3. The van der Waals surface area contributed by atoms with Crippen LogP contribution >= 0.6 is 11.6 Å². The van der Waals surface area contributed by atoms with Crippen LogP contribution in [0.15, 0.2) is 18.7 Å². The summed E-state index contributed by atoms with van der Waals surface area (Å²) in [7, 11) is 3.15. The van der Waals surface area contributed by atoms with Crippen molar-refractivity contribution in [3.05, 3.63) is 29.3 Å². The third-order valence-corrected chi connectivity index (χ3v) is 1.91. The van der Waals surface area contributed by atoms with E-state index in [0.717, 1.165) is 5.56 Å². The average Bonchev–Trinajstić information content (AvgIpc) is 2.16. The molecule has 1 rings (SSSR count). The summed E-state index contributed by atoms with van der Waals surface area (Å²) in [6.07, 6.45) is 1.67. The number of benzene rings is 1. The number of ether oxygens (including phenoxy) is 2. The molecule has 0 radical (unpaired) electrons. The number of hydrogen-bond donors (Lipinski definition) is 0. The molecule has 0 amide bonds. The van der Waals surface area contributed by atoms with Crippen LogP contribution in [0.1, 0.15) is 5.56 Å². The second kappa shape index (κ2) is 4.19. The Kier molecular flexibility index (Phi) is 3.20. The highest BCUT2D eigenvalue weighted by Crippen LogP contribution is 2.34. The van der Waals surface area contributed by atoms with E-state index in [2.05, 4.69) is 6.58 Å². The molecule has 1 aromatic rings. The predicted octanol–water partition coefficient (Wildman–Crippen LogP) is 3.00. The van der Waals surface area contributed by atoms with Gasteiger partial charge in [0.05, 0.1) is 14.2 Å². The Morgan fingerprint density at radius 1 is 1.31 bits per heavy atom. The third kappa shape index (κ3) is 1.95. The fourth-order valence-electron chi connectivity index (χ4n) is 1.11. The van der Waals surface area contributed by atoms with E-state index in [4.69, 9.17) is 21.1 Å². The first kappa shape index (κ1) is 9.93. The average molecular weight is 199 g/mol. The number of methoxy groups -OCH3 is 2. The van der Waals surface area contributed by atoms with Crippen molar-refractivity contribution in [3.8, 4) is 11.5 Å². The highest BCUT2D eigenvalue weighted by molar-refractivity contribution is 6.31. The first-order valence-corrected chi connectivity index (χ1v) is 4.14. The van der Waals surface area contributed by atoms with E-state index < -0.39 is 0 Å². The molecule has 1 aromatic carbocycles. The van der Waals surface area contributed by atoms with Gasteiger partial charge >= 0.3 is 0 Å². The van der Waals surface area contributed by atoms with Gasteiger partial charge in [-0.05, 0) is 6.07 Å². The molecule has 0 heterocycles. The van der Waals surface area contributed by atoms with Gasteiger partial charge in [-0.25, -0.2) is 0 Å². The third-order valence-electron chi connectivity index (χ3n) is 1.69. The first-order valence-electron chi connectivity index (χ1n) is 3.77. The van der Waals surface area contributed by atoms with E-state index in [9.17, 15) is 0 Å². The van der Waals surface area contributed by atoms with Crippen molar-refractivity contribution in [1.82, 2.24) is 0 Å². The molecule has 0 fully saturated rings. The topological polar surface area (TPSA) is 18.5 Å². The lowest BCUT2D eigenvalue weighted by molar-refractivity contribution is 0.354. The molecule has 0 saturated heterocycles. The second-order valence-electron chi connectivity index (χ2n) is 2.43. The highest BCUT2D eigenvalue weighted by Gasteiger charge is 2.08.